The topological polar surface area (TPSA) is 16.3 Å². The zero-order valence-electron chi connectivity index (χ0n) is 48.1. The fourth-order valence-electron chi connectivity index (χ4n) is 14.8. The van der Waals surface area contributed by atoms with Crippen LogP contribution in [0.15, 0.2) is 291 Å². The van der Waals surface area contributed by atoms with E-state index < -0.39 is 0 Å². The van der Waals surface area contributed by atoms with Crippen LogP contribution in [0.1, 0.15) is 0 Å². The van der Waals surface area contributed by atoms with E-state index in [1.54, 1.807) is 0 Å². The van der Waals surface area contributed by atoms with Crippen molar-refractivity contribution in [1.82, 2.24) is 9.13 Å². The van der Waals surface area contributed by atoms with Gasteiger partial charge in [0.2, 0.25) is 0 Å². The number of aromatic nitrogens is 2. The molecule has 0 amide bonds. The van der Waals surface area contributed by atoms with Gasteiger partial charge in [0.1, 0.15) is 0 Å². The van der Waals surface area contributed by atoms with Crippen LogP contribution in [0.3, 0.4) is 0 Å². The third-order valence-electron chi connectivity index (χ3n) is 18.7. The summed E-state index contributed by atoms with van der Waals surface area (Å²) >= 11 is 7.55. The Bertz CT molecular complexity index is 5990. The van der Waals surface area contributed by atoms with E-state index in [4.69, 9.17) is 0 Å². The molecule has 0 atom stereocenters. The predicted molar refractivity (Wildman–Crippen MR) is 394 cm³/mol. The number of hydrogen-bond acceptors (Lipinski definition) is 6. The summed E-state index contributed by atoms with van der Waals surface area (Å²) in [5.41, 5.74) is 13.9. The summed E-state index contributed by atoms with van der Waals surface area (Å²) < 4.78 is 15.1. The van der Waals surface area contributed by atoms with Crippen LogP contribution >= 0.6 is 45.3 Å². The normalized spacial score (nSPS) is 12.2. The first-order valence-electron chi connectivity index (χ1n) is 30.5. The van der Waals surface area contributed by atoms with Crippen molar-refractivity contribution in [2.24, 2.45) is 0 Å². The molecule has 0 aliphatic carbocycles. The summed E-state index contributed by atoms with van der Waals surface area (Å²) in [6, 6.07) is 109. The molecule has 420 valence electrons. The molecule has 0 fully saturated rings. The first-order chi connectivity index (χ1) is 44.6. The van der Waals surface area contributed by atoms with Crippen LogP contribution in [-0.2, 0) is 0 Å². The number of para-hydroxylation sites is 4. The number of benzene rings is 14. The predicted octanol–water partition coefficient (Wildman–Crippen LogP) is 25.4. The molecule has 8 heteroatoms. The van der Waals surface area contributed by atoms with Gasteiger partial charge in [0.15, 0.2) is 0 Å². The van der Waals surface area contributed by atoms with Gasteiger partial charge in [-0.2, -0.15) is 0 Å². The molecule has 20 aromatic rings. The van der Waals surface area contributed by atoms with Crippen molar-refractivity contribution >= 4 is 215 Å². The molecule has 6 aromatic heterocycles. The fourth-order valence-corrected chi connectivity index (χ4v) is 19.5. The standard InChI is InChI=1S/C82H48N4S4/c1-3-17-49(18-4-1)85-67-27-11-7-21-55(67)65-45-51(35-41-69(65)85)83(71-29-15-25-61-57-23-9-13-31-73(57)89-81(61)71)53-33-37-63-77(47-53)87-75-43-39-60-59(79(63)75)40-44-76-80(60)64-38-34-54(48-78(64)88-76)84(72-30-16-26-62-58-24-10-14-32-74(58)90-82(62)72)52-36-42-70-66(46-52)56-22-8-12-28-68(56)86(70)50-19-5-2-6-20-50/h1-48H. The van der Waals surface area contributed by atoms with E-state index >= 15 is 0 Å². The molecule has 0 bridgehead atoms. The van der Waals surface area contributed by atoms with Crippen molar-refractivity contribution in [2.75, 3.05) is 9.80 Å². The Morgan fingerprint density at radius 1 is 0.211 bits per heavy atom. The molecule has 0 unspecified atom stereocenters. The molecule has 20 rings (SSSR count). The van der Waals surface area contributed by atoms with Gasteiger partial charge in [0.05, 0.1) is 42.8 Å². The maximum absolute atomic E-state index is 2.51. The zero-order chi connectivity index (χ0) is 58.7. The van der Waals surface area contributed by atoms with E-state index in [1.165, 1.54) is 146 Å². The largest absolute Gasteiger partial charge is 0.309 e. The van der Waals surface area contributed by atoms with Crippen molar-refractivity contribution < 1.29 is 0 Å². The molecule has 0 radical (unpaired) electrons. The lowest BCUT2D eigenvalue weighted by molar-refractivity contribution is 1.18. The van der Waals surface area contributed by atoms with Crippen LogP contribution in [-0.4, -0.2) is 9.13 Å². The summed E-state index contributed by atoms with van der Waals surface area (Å²) in [6.45, 7) is 0. The monoisotopic (exact) mass is 1220 g/mol. The smallest absolute Gasteiger partial charge is 0.0640 e. The first-order valence-corrected chi connectivity index (χ1v) is 33.7. The Hall–Kier alpha value is -10.6. The van der Waals surface area contributed by atoms with Crippen LogP contribution in [0, 0.1) is 0 Å². The third-order valence-corrected chi connectivity index (χ3v) is 23.3. The molecule has 0 aliphatic heterocycles. The van der Waals surface area contributed by atoms with Crippen LogP contribution in [0.2, 0.25) is 0 Å². The molecule has 4 nitrogen and oxygen atoms in total. The van der Waals surface area contributed by atoms with Crippen LogP contribution in [0.4, 0.5) is 34.1 Å². The number of nitrogens with zero attached hydrogens (tertiary/aromatic N) is 4. The van der Waals surface area contributed by atoms with Crippen molar-refractivity contribution in [2.45, 2.75) is 0 Å². The van der Waals surface area contributed by atoms with Gasteiger partial charge in [-0.15, -0.1) is 45.3 Å². The van der Waals surface area contributed by atoms with Crippen LogP contribution < -0.4 is 9.80 Å². The highest BCUT2D eigenvalue weighted by Gasteiger charge is 2.25. The first kappa shape index (κ1) is 50.4. The minimum atomic E-state index is 1.12. The van der Waals surface area contributed by atoms with Crippen molar-refractivity contribution in [3.05, 3.63) is 291 Å². The van der Waals surface area contributed by atoms with E-state index in [0.29, 0.717) is 0 Å². The average molecular weight is 1220 g/mol. The van der Waals surface area contributed by atoms with Gasteiger partial charge in [-0.25, -0.2) is 0 Å². The molecule has 6 heterocycles. The molecular weight excluding hydrogens is 1170 g/mol. The fraction of sp³-hybridized carbons (Fsp3) is 0. The summed E-state index contributed by atoms with van der Waals surface area (Å²) in [6.07, 6.45) is 0. The minimum absolute atomic E-state index is 1.12. The Morgan fingerprint density at radius 3 is 1.04 bits per heavy atom. The summed E-state index contributed by atoms with van der Waals surface area (Å²) in [5.74, 6) is 0. The van der Waals surface area contributed by atoms with E-state index in [2.05, 4.69) is 310 Å². The number of rotatable bonds is 8. The maximum Gasteiger partial charge on any atom is 0.0640 e. The summed E-state index contributed by atoms with van der Waals surface area (Å²) in [4.78, 5) is 5.02. The second kappa shape index (κ2) is 19.5. The van der Waals surface area contributed by atoms with Crippen LogP contribution in [0.25, 0.3) is 146 Å². The Kier molecular flexibility index (Phi) is 10.9. The number of fused-ring (bicyclic) bond motifs is 21. The Labute approximate surface area is 532 Å². The van der Waals surface area contributed by atoms with E-state index in [1.807, 2.05) is 45.3 Å². The summed E-state index contributed by atoms with van der Waals surface area (Å²) in [7, 11) is 0. The second-order valence-corrected chi connectivity index (χ2v) is 27.8. The highest BCUT2D eigenvalue weighted by molar-refractivity contribution is 7.27. The van der Waals surface area contributed by atoms with Gasteiger partial charge in [-0.05, 0) is 144 Å². The Morgan fingerprint density at radius 2 is 0.578 bits per heavy atom. The average Bonchev–Trinajstić information content (AvgIpc) is 1.85. The molecule has 90 heavy (non-hydrogen) atoms. The van der Waals surface area contributed by atoms with E-state index in [9.17, 15) is 0 Å². The van der Waals surface area contributed by atoms with Crippen molar-refractivity contribution in [3.8, 4) is 11.4 Å². The van der Waals surface area contributed by atoms with Crippen LogP contribution in [0.5, 0.6) is 0 Å². The zero-order valence-corrected chi connectivity index (χ0v) is 51.4. The third kappa shape index (κ3) is 7.39. The maximum atomic E-state index is 2.51. The van der Waals surface area contributed by atoms with Gasteiger partial charge in [0, 0.05) is 127 Å². The van der Waals surface area contributed by atoms with Gasteiger partial charge in [-0.1, -0.05) is 158 Å². The number of thiophene rings is 4. The SMILES string of the molecule is c1ccc(-n2c3ccccc3c3cc(N(c4ccc5c(c4)sc4ccc6c(ccc7sc8cc(N(c9ccc%10c(c9)c9ccccc9n%10-c9ccccc9)c9cccc%10c9sc9ccccc9%10)ccc8c76)c45)c4cccc5c4sc4ccccc45)ccc32)cc1. The highest BCUT2D eigenvalue weighted by atomic mass is 32.1. The Balaban J connectivity index is 0.748. The number of anilines is 6. The lowest BCUT2D eigenvalue weighted by atomic mass is 9.99. The van der Waals surface area contributed by atoms with E-state index in [-0.39, 0.29) is 0 Å². The van der Waals surface area contributed by atoms with Crippen molar-refractivity contribution in [1.29, 1.82) is 0 Å². The molecular formula is C82H48N4S4. The summed E-state index contributed by atoms with van der Waals surface area (Å²) in [5, 5.41) is 17.8. The molecule has 0 N–H and O–H groups in total. The van der Waals surface area contributed by atoms with Gasteiger partial charge in [0.25, 0.3) is 0 Å². The lowest BCUT2D eigenvalue weighted by Crippen LogP contribution is -2.10. The molecule has 14 aromatic carbocycles. The van der Waals surface area contributed by atoms with E-state index in [0.717, 1.165) is 34.1 Å². The number of hydrogen-bond donors (Lipinski definition) is 0. The molecule has 0 saturated heterocycles. The molecule has 0 aliphatic rings. The highest BCUT2D eigenvalue weighted by Crippen LogP contribution is 2.52. The van der Waals surface area contributed by atoms with Gasteiger partial charge < -0.3 is 18.9 Å². The second-order valence-electron chi connectivity index (χ2n) is 23.5. The molecule has 0 saturated carbocycles. The molecule has 0 spiro atoms. The van der Waals surface area contributed by atoms with Gasteiger partial charge in [-0.3, -0.25) is 0 Å². The lowest BCUT2D eigenvalue weighted by Gasteiger charge is -2.26. The van der Waals surface area contributed by atoms with Crippen molar-refractivity contribution in [3.63, 3.8) is 0 Å². The van der Waals surface area contributed by atoms with Gasteiger partial charge >= 0.3 is 0 Å². The quantitative estimate of drug-likeness (QED) is 0.151. The minimum Gasteiger partial charge on any atom is -0.309 e.